The Kier molecular flexibility index (Phi) is 4.81. The van der Waals surface area contributed by atoms with Crippen molar-refractivity contribution in [2.75, 3.05) is 18.4 Å². The third-order valence-electron chi connectivity index (χ3n) is 5.22. The lowest BCUT2D eigenvalue weighted by molar-refractivity contribution is -0.128. The highest BCUT2D eigenvalue weighted by atomic mass is 16.2. The highest BCUT2D eigenvalue weighted by Gasteiger charge is 2.34. The molecule has 1 atom stereocenters. The fraction of sp³-hybridized carbons (Fsp3) is 0.227. The van der Waals surface area contributed by atoms with Crippen molar-refractivity contribution in [1.82, 2.24) is 9.88 Å². The standard InChI is InChI=1S/C22H20N4O2/c23-12-15-5-1-3-7-19(15)25-22(28)17-11-21(27)26(14-17)10-9-16-13-24-20-8-4-2-6-18(16)20/h1-8,13,17,24H,9-11,14H2,(H,25,28). The summed E-state index contributed by atoms with van der Waals surface area (Å²) in [5, 5.41) is 13.1. The van der Waals surface area contributed by atoms with Crippen molar-refractivity contribution in [3.05, 3.63) is 65.9 Å². The minimum absolute atomic E-state index is 0.00596. The summed E-state index contributed by atoms with van der Waals surface area (Å²) in [5.41, 5.74) is 3.15. The Morgan fingerprint density at radius 2 is 2.00 bits per heavy atom. The maximum atomic E-state index is 12.6. The molecule has 140 valence electrons. The molecule has 1 saturated heterocycles. The van der Waals surface area contributed by atoms with E-state index in [-0.39, 0.29) is 18.2 Å². The van der Waals surface area contributed by atoms with Gasteiger partial charge in [0.15, 0.2) is 0 Å². The summed E-state index contributed by atoms with van der Waals surface area (Å²) in [5.74, 6) is -0.624. The largest absolute Gasteiger partial charge is 0.361 e. The number of aromatic nitrogens is 1. The first-order valence-electron chi connectivity index (χ1n) is 9.28. The van der Waals surface area contributed by atoms with E-state index < -0.39 is 5.92 Å². The van der Waals surface area contributed by atoms with Crippen LogP contribution in [0.4, 0.5) is 5.69 Å². The second-order valence-corrected chi connectivity index (χ2v) is 7.00. The van der Waals surface area contributed by atoms with Crippen molar-refractivity contribution in [3.63, 3.8) is 0 Å². The molecular weight excluding hydrogens is 352 g/mol. The number of rotatable bonds is 5. The zero-order valence-electron chi connectivity index (χ0n) is 15.3. The van der Waals surface area contributed by atoms with Crippen LogP contribution in [0.2, 0.25) is 0 Å². The molecule has 0 radical (unpaired) electrons. The van der Waals surface area contributed by atoms with Gasteiger partial charge in [0.25, 0.3) is 0 Å². The summed E-state index contributed by atoms with van der Waals surface area (Å²) in [7, 11) is 0. The lowest BCUT2D eigenvalue weighted by atomic mass is 10.1. The number of benzene rings is 2. The number of nitriles is 1. The fourth-order valence-corrected chi connectivity index (χ4v) is 3.68. The maximum absolute atomic E-state index is 12.6. The van der Waals surface area contributed by atoms with Gasteiger partial charge >= 0.3 is 0 Å². The molecule has 0 bridgehead atoms. The van der Waals surface area contributed by atoms with Gasteiger partial charge in [-0.15, -0.1) is 0 Å². The predicted octanol–water partition coefficient (Wildman–Crippen LogP) is 3.07. The summed E-state index contributed by atoms with van der Waals surface area (Å²) in [6.07, 6.45) is 2.92. The Balaban J connectivity index is 1.38. The van der Waals surface area contributed by atoms with Gasteiger partial charge in [0.05, 0.1) is 17.2 Å². The summed E-state index contributed by atoms with van der Waals surface area (Å²) < 4.78 is 0. The topological polar surface area (TPSA) is 89.0 Å². The van der Waals surface area contributed by atoms with Crippen LogP contribution in [-0.4, -0.2) is 34.8 Å². The van der Waals surface area contributed by atoms with Gasteiger partial charge in [0, 0.05) is 36.6 Å². The van der Waals surface area contributed by atoms with Crippen molar-refractivity contribution in [2.45, 2.75) is 12.8 Å². The Hall–Kier alpha value is -3.59. The molecule has 0 spiro atoms. The van der Waals surface area contributed by atoms with E-state index in [0.717, 1.165) is 17.3 Å². The summed E-state index contributed by atoms with van der Waals surface area (Å²) in [4.78, 5) is 29.9. The number of amides is 2. The molecule has 6 nitrogen and oxygen atoms in total. The van der Waals surface area contributed by atoms with E-state index in [9.17, 15) is 9.59 Å². The molecule has 1 aromatic heterocycles. The second kappa shape index (κ2) is 7.57. The number of hydrogen-bond donors (Lipinski definition) is 2. The molecule has 2 heterocycles. The molecule has 1 unspecified atom stereocenters. The number of anilines is 1. The van der Waals surface area contributed by atoms with Gasteiger partial charge in [-0.05, 0) is 30.2 Å². The number of para-hydroxylation sites is 2. The van der Waals surface area contributed by atoms with Crippen molar-refractivity contribution >= 4 is 28.4 Å². The van der Waals surface area contributed by atoms with Crippen LogP contribution in [0.5, 0.6) is 0 Å². The van der Waals surface area contributed by atoms with Crippen molar-refractivity contribution in [3.8, 4) is 6.07 Å². The van der Waals surface area contributed by atoms with Crippen LogP contribution in [0.3, 0.4) is 0 Å². The van der Waals surface area contributed by atoms with E-state index in [0.29, 0.717) is 24.3 Å². The third kappa shape index (κ3) is 3.47. The number of carbonyl (C=O) groups is 2. The first kappa shape index (κ1) is 17.8. The summed E-state index contributed by atoms with van der Waals surface area (Å²) >= 11 is 0. The molecule has 4 rings (SSSR count). The molecule has 3 aromatic rings. The quantitative estimate of drug-likeness (QED) is 0.721. The summed E-state index contributed by atoms with van der Waals surface area (Å²) in [6, 6.07) is 17.0. The van der Waals surface area contributed by atoms with Crippen LogP contribution >= 0.6 is 0 Å². The third-order valence-corrected chi connectivity index (χ3v) is 5.22. The normalized spacial score (nSPS) is 16.3. The molecule has 0 saturated carbocycles. The fourth-order valence-electron chi connectivity index (χ4n) is 3.68. The summed E-state index contributed by atoms with van der Waals surface area (Å²) in [6.45, 7) is 0.987. The average Bonchev–Trinajstić information content (AvgIpc) is 3.30. The monoisotopic (exact) mass is 372 g/mol. The van der Waals surface area contributed by atoms with Crippen molar-refractivity contribution < 1.29 is 9.59 Å². The minimum atomic E-state index is -0.401. The van der Waals surface area contributed by atoms with E-state index in [2.05, 4.69) is 22.4 Å². The van der Waals surface area contributed by atoms with E-state index in [4.69, 9.17) is 5.26 Å². The van der Waals surface area contributed by atoms with E-state index in [1.807, 2.05) is 24.4 Å². The molecule has 0 aliphatic carbocycles. The Bertz CT molecular complexity index is 1080. The van der Waals surface area contributed by atoms with E-state index >= 15 is 0 Å². The lowest BCUT2D eigenvalue weighted by Gasteiger charge is -2.16. The molecular formula is C22H20N4O2. The number of nitrogens with zero attached hydrogens (tertiary/aromatic N) is 2. The zero-order chi connectivity index (χ0) is 19.5. The Labute approximate surface area is 162 Å². The minimum Gasteiger partial charge on any atom is -0.361 e. The SMILES string of the molecule is N#Cc1ccccc1NC(=O)C1CC(=O)N(CCc2c[nH]c3ccccc23)C1. The Morgan fingerprint density at radius 1 is 1.21 bits per heavy atom. The van der Waals surface area contributed by atoms with Gasteiger partial charge in [-0.2, -0.15) is 5.26 Å². The number of nitrogens with one attached hydrogen (secondary N) is 2. The molecule has 6 heteroatoms. The first-order chi connectivity index (χ1) is 13.7. The number of carbonyl (C=O) groups excluding carboxylic acids is 2. The Morgan fingerprint density at radius 3 is 2.86 bits per heavy atom. The smallest absolute Gasteiger partial charge is 0.229 e. The first-order valence-corrected chi connectivity index (χ1v) is 9.28. The lowest BCUT2D eigenvalue weighted by Crippen LogP contribution is -2.30. The van der Waals surface area contributed by atoms with Crippen LogP contribution < -0.4 is 5.32 Å². The van der Waals surface area contributed by atoms with Gasteiger partial charge in [-0.3, -0.25) is 9.59 Å². The highest BCUT2D eigenvalue weighted by molar-refractivity contribution is 5.98. The van der Waals surface area contributed by atoms with Crippen LogP contribution in [0, 0.1) is 17.2 Å². The zero-order valence-corrected chi connectivity index (χ0v) is 15.3. The van der Waals surface area contributed by atoms with Crippen LogP contribution in [0.25, 0.3) is 10.9 Å². The van der Waals surface area contributed by atoms with Crippen LogP contribution in [0.15, 0.2) is 54.7 Å². The highest BCUT2D eigenvalue weighted by Crippen LogP contribution is 2.23. The number of hydrogen-bond acceptors (Lipinski definition) is 3. The molecule has 2 aromatic carbocycles. The van der Waals surface area contributed by atoms with Crippen molar-refractivity contribution in [2.24, 2.45) is 5.92 Å². The number of likely N-dealkylation sites (tertiary alicyclic amines) is 1. The molecule has 1 aliphatic rings. The van der Waals surface area contributed by atoms with Crippen LogP contribution in [-0.2, 0) is 16.0 Å². The van der Waals surface area contributed by atoms with Crippen molar-refractivity contribution in [1.29, 1.82) is 5.26 Å². The average molecular weight is 372 g/mol. The van der Waals surface area contributed by atoms with Gasteiger partial charge in [0.1, 0.15) is 6.07 Å². The van der Waals surface area contributed by atoms with Gasteiger partial charge in [-0.1, -0.05) is 30.3 Å². The molecule has 1 fully saturated rings. The molecule has 1 aliphatic heterocycles. The molecule has 28 heavy (non-hydrogen) atoms. The number of fused-ring (bicyclic) bond motifs is 1. The van der Waals surface area contributed by atoms with E-state index in [1.54, 1.807) is 29.2 Å². The second-order valence-electron chi connectivity index (χ2n) is 7.00. The molecule has 2 N–H and O–H groups in total. The molecule has 2 amide bonds. The maximum Gasteiger partial charge on any atom is 0.229 e. The van der Waals surface area contributed by atoms with E-state index in [1.165, 1.54) is 5.56 Å². The number of H-pyrrole nitrogens is 1. The van der Waals surface area contributed by atoms with Gasteiger partial charge in [-0.25, -0.2) is 0 Å². The predicted molar refractivity (Wildman–Crippen MR) is 106 cm³/mol. The van der Waals surface area contributed by atoms with Gasteiger partial charge in [0.2, 0.25) is 11.8 Å². The van der Waals surface area contributed by atoms with Gasteiger partial charge < -0.3 is 15.2 Å². The van der Waals surface area contributed by atoms with Crippen LogP contribution in [0.1, 0.15) is 17.5 Å². The number of aromatic amines is 1.